The van der Waals surface area contributed by atoms with Crippen LogP contribution >= 0.6 is 0 Å². The van der Waals surface area contributed by atoms with E-state index in [1.54, 1.807) is 26.2 Å². The van der Waals surface area contributed by atoms with Crippen molar-refractivity contribution in [2.75, 3.05) is 33.1 Å². The maximum atomic E-state index is 14.4. The lowest BCUT2D eigenvalue weighted by molar-refractivity contribution is -0.153. The van der Waals surface area contributed by atoms with E-state index in [1.165, 1.54) is 10.5 Å². The summed E-state index contributed by atoms with van der Waals surface area (Å²) in [6, 6.07) is 14.7. The Balaban J connectivity index is 1.42. The second-order valence-corrected chi connectivity index (χ2v) is 15.5. The van der Waals surface area contributed by atoms with E-state index in [0.717, 1.165) is 25.0 Å². The number of hydrogen-bond acceptors (Lipinski definition) is 10. The van der Waals surface area contributed by atoms with Crippen molar-refractivity contribution in [3.05, 3.63) is 87.9 Å². The summed E-state index contributed by atoms with van der Waals surface area (Å²) in [6.45, 7) is 4.43. The first kappa shape index (κ1) is 36.9. The van der Waals surface area contributed by atoms with E-state index < -0.39 is 58.0 Å². The fourth-order valence-corrected chi connectivity index (χ4v) is 8.59. The maximum Gasteiger partial charge on any atom is 0.255 e. The summed E-state index contributed by atoms with van der Waals surface area (Å²) < 4.78 is 6.39. The van der Waals surface area contributed by atoms with Crippen LogP contribution in [0.15, 0.2) is 69.9 Å². The first-order valence-electron chi connectivity index (χ1n) is 17.9. The summed E-state index contributed by atoms with van der Waals surface area (Å²) in [4.78, 5) is 43.4. The van der Waals surface area contributed by atoms with Gasteiger partial charge in [0.05, 0.1) is 17.2 Å². The molecule has 11 heteroatoms. The highest BCUT2D eigenvalue weighted by atomic mass is 16.4. The van der Waals surface area contributed by atoms with Gasteiger partial charge in [-0.2, -0.15) is 0 Å². The molecule has 3 aliphatic rings. The Morgan fingerprint density at radius 1 is 1.00 bits per heavy atom. The first-order chi connectivity index (χ1) is 24.6. The van der Waals surface area contributed by atoms with E-state index in [2.05, 4.69) is 26.0 Å². The standard InChI is InChI=1S/C41H49N3O8/c1-21(2)12-13-23(16-22-10-8-7-9-11-22)17-25-14-15-30(52-25)27-20-29(43(3)4)26-18-24-19-28-34(44(5)6)37(47)33(40(42)50)39(49)41(28,51)38(48)31(24)36(46)32(26)35(27)45/h7-11,14-15,20-21,23-24,28,34,45-46,49,51H,12-13,16-19H2,1-6H3,(H2,42,50)/t23?,24-,28-,34-,41-/m0/s1. The number of rotatable bonds is 11. The van der Waals surface area contributed by atoms with Crippen molar-refractivity contribution < 1.29 is 39.2 Å². The topological polar surface area (TPSA) is 178 Å². The van der Waals surface area contributed by atoms with Crippen LogP contribution < -0.4 is 10.6 Å². The number of Topliss-reactive ketones (excluding diaryl/α,β-unsaturated/α-hetero) is 2. The summed E-state index contributed by atoms with van der Waals surface area (Å²) in [6.07, 6.45) is 3.91. The van der Waals surface area contributed by atoms with E-state index in [9.17, 15) is 34.8 Å². The van der Waals surface area contributed by atoms with Crippen LogP contribution in [0.4, 0.5) is 5.69 Å². The zero-order valence-electron chi connectivity index (χ0n) is 30.6. The van der Waals surface area contributed by atoms with Gasteiger partial charge in [-0.25, -0.2) is 0 Å². The third kappa shape index (κ3) is 6.19. The molecule has 0 aliphatic heterocycles. The van der Waals surface area contributed by atoms with E-state index in [-0.39, 0.29) is 29.7 Å². The minimum atomic E-state index is -2.70. The third-order valence-electron chi connectivity index (χ3n) is 11.1. The van der Waals surface area contributed by atoms with Gasteiger partial charge in [-0.1, -0.05) is 50.6 Å². The number of fused-ring (bicyclic) bond motifs is 3. The summed E-state index contributed by atoms with van der Waals surface area (Å²) in [5.41, 5.74) is 4.58. The number of phenolic OH excluding ortho intramolecular Hbond substituents is 1. The first-order valence-corrected chi connectivity index (χ1v) is 17.9. The van der Waals surface area contributed by atoms with Crippen molar-refractivity contribution in [2.24, 2.45) is 29.4 Å². The minimum Gasteiger partial charge on any atom is -0.508 e. The minimum absolute atomic E-state index is 0.0175. The monoisotopic (exact) mass is 711 g/mol. The zero-order chi connectivity index (χ0) is 37.8. The van der Waals surface area contributed by atoms with Crippen molar-refractivity contribution >= 4 is 28.9 Å². The molecule has 2 aromatic carbocycles. The number of nitrogens with zero attached hydrogens (tertiary/aromatic N) is 2. The Bertz CT molecular complexity index is 1970. The van der Waals surface area contributed by atoms with Crippen LogP contribution in [0.5, 0.6) is 5.75 Å². The number of amides is 1. The number of anilines is 1. The molecule has 6 N–H and O–H groups in total. The molecule has 1 aromatic heterocycles. The van der Waals surface area contributed by atoms with E-state index in [4.69, 9.17) is 10.2 Å². The number of phenols is 1. The molecule has 3 aliphatic carbocycles. The number of primary amides is 1. The Morgan fingerprint density at radius 3 is 2.31 bits per heavy atom. The highest BCUT2D eigenvalue weighted by molar-refractivity contribution is 6.24. The van der Waals surface area contributed by atoms with Crippen LogP contribution in [0.3, 0.4) is 0 Å². The number of carbonyl (C=O) groups is 3. The highest BCUT2D eigenvalue weighted by Gasteiger charge is 2.64. The zero-order valence-corrected chi connectivity index (χ0v) is 30.6. The number of nitrogens with two attached hydrogens (primary N) is 1. The molecule has 3 aromatic rings. The Morgan fingerprint density at radius 2 is 1.69 bits per heavy atom. The largest absolute Gasteiger partial charge is 0.508 e. The van der Waals surface area contributed by atoms with Gasteiger partial charge in [-0.3, -0.25) is 19.3 Å². The van der Waals surface area contributed by atoms with Crippen LogP contribution in [0.1, 0.15) is 55.6 Å². The normalized spacial score (nSPS) is 23.5. The number of furan rings is 1. The maximum absolute atomic E-state index is 14.4. The molecule has 6 rings (SSSR count). The number of ketones is 2. The molecule has 276 valence electrons. The summed E-state index contributed by atoms with van der Waals surface area (Å²) in [5, 5.41) is 47.0. The number of aliphatic hydroxyl groups is 3. The van der Waals surface area contributed by atoms with Gasteiger partial charge >= 0.3 is 0 Å². The van der Waals surface area contributed by atoms with Gasteiger partial charge in [0, 0.05) is 37.7 Å². The molecule has 52 heavy (non-hydrogen) atoms. The third-order valence-corrected chi connectivity index (χ3v) is 11.1. The van der Waals surface area contributed by atoms with Gasteiger partial charge in [-0.05, 0) is 86.9 Å². The second-order valence-electron chi connectivity index (χ2n) is 15.5. The number of aromatic hydroxyl groups is 1. The molecule has 5 atom stereocenters. The number of hydrogen-bond donors (Lipinski definition) is 5. The SMILES string of the molecule is CC(C)CCC(Cc1ccccc1)Cc1ccc(-c2cc(N(C)C)c3c(c2O)C(O)=C2C(=O)[C@]4(O)C(O)=C(C(N)=O)C(=O)[C@@H](N(C)C)[C@@H]4C[C@@H]2C3)o1. The predicted molar refractivity (Wildman–Crippen MR) is 198 cm³/mol. The lowest BCUT2D eigenvalue weighted by Gasteiger charge is -2.50. The second kappa shape index (κ2) is 13.9. The molecule has 0 spiro atoms. The molecular weight excluding hydrogens is 662 g/mol. The van der Waals surface area contributed by atoms with Crippen molar-refractivity contribution in [1.82, 2.24) is 4.90 Å². The molecule has 1 saturated carbocycles. The molecule has 0 bridgehead atoms. The average molecular weight is 712 g/mol. The van der Waals surface area contributed by atoms with Crippen molar-refractivity contribution in [3.8, 4) is 17.1 Å². The Labute approximate surface area is 304 Å². The van der Waals surface area contributed by atoms with E-state index in [1.807, 2.05) is 43.3 Å². The van der Waals surface area contributed by atoms with Crippen LogP contribution in [0.25, 0.3) is 17.1 Å². The van der Waals surface area contributed by atoms with Gasteiger partial charge in [0.15, 0.2) is 11.4 Å². The van der Waals surface area contributed by atoms with Crippen LogP contribution in [-0.4, -0.2) is 82.6 Å². The molecule has 1 heterocycles. The molecule has 0 radical (unpaired) electrons. The molecule has 11 nitrogen and oxygen atoms in total. The van der Waals surface area contributed by atoms with E-state index >= 15 is 0 Å². The Hall–Kier alpha value is -4.87. The fraction of sp³-hybridized carbons (Fsp3) is 0.439. The Kier molecular flexibility index (Phi) is 9.89. The number of aliphatic hydroxyl groups excluding tert-OH is 2. The predicted octanol–water partition coefficient (Wildman–Crippen LogP) is 5.13. The van der Waals surface area contributed by atoms with Crippen LogP contribution in [0, 0.1) is 23.7 Å². The summed E-state index contributed by atoms with van der Waals surface area (Å²) in [5.74, 6) is -4.83. The van der Waals surface area contributed by atoms with Gasteiger partial charge < -0.3 is 35.5 Å². The highest BCUT2D eigenvalue weighted by Crippen LogP contribution is 2.55. The number of carbonyl (C=O) groups excluding carboxylic acids is 3. The summed E-state index contributed by atoms with van der Waals surface area (Å²) >= 11 is 0. The molecule has 0 saturated heterocycles. The molecule has 1 fully saturated rings. The van der Waals surface area contributed by atoms with E-state index in [0.29, 0.717) is 40.8 Å². The fourth-order valence-electron chi connectivity index (χ4n) is 8.59. The van der Waals surface area contributed by atoms with Crippen LogP contribution in [0.2, 0.25) is 0 Å². The van der Waals surface area contributed by atoms with Gasteiger partial charge in [-0.15, -0.1) is 0 Å². The molecular formula is C41H49N3O8. The lowest BCUT2D eigenvalue weighted by atomic mass is 9.57. The number of benzene rings is 2. The average Bonchev–Trinajstić information content (AvgIpc) is 3.53. The van der Waals surface area contributed by atoms with Crippen LogP contribution in [-0.2, 0) is 33.6 Å². The van der Waals surface area contributed by atoms with Gasteiger partial charge in [0.2, 0.25) is 5.78 Å². The van der Waals surface area contributed by atoms with Gasteiger partial charge in [0.25, 0.3) is 5.91 Å². The van der Waals surface area contributed by atoms with Crippen molar-refractivity contribution in [3.63, 3.8) is 0 Å². The smallest absolute Gasteiger partial charge is 0.255 e. The molecule has 1 unspecified atom stereocenters. The van der Waals surface area contributed by atoms with Crippen molar-refractivity contribution in [2.45, 2.75) is 64.0 Å². The number of likely N-dealkylation sites (N-methyl/N-ethyl adjacent to an activating group) is 1. The summed E-state index contributed by atoms with van der Waals surface area (Å²) in [7, 11) is 6.83. The lowest BCUT2D eigenvalue weighted by Crippen LogP contribution is -2.65. The van der Waals surface area contributed by atoms with Crippen molar-refractivity contribution in [1.29, 1.82) is 0 Å². The molecule has 1 amide bonds. The quantitative estimate of drug-likeness (QED) is 0.168. The van der Waals surface area contributed by atoms with Gasteiger partial charge in [0.1, 0.15) is 34.4 Å².